The van der Waals surface area contributed by atoms with E-state index in [1.165, 1.54) is 12.1 Å². The van der Waals surface area contributed by atoms with Crippen LogP contribution in [0.15, 0.2) is 18.2 Å². The van der Waals surface area contributed by atoms with Crippen molar-refractivity contribution in [3.05, 3.63) is 27.3 Å². The first kappa shape index (κ1) is 20.8. The first-order valence-electron chi connectivity index (χ1n) is 7.98. The molecule has 0 amide bonds. The monoisotopic (exact) mass is 484 g/mol. The second-order valence-electron chi connectivity index (χ2n) is 6.44. The SMILES string of the molecule is CC1(OC(=O)COc2ccc(C(O)C(F)(F)C(=O)O)cc2I)CCCC1. The van der Waals surface area contributed by atoms with Crippen LogP contribution >= 0.6 is 22.6 Å². The van der Waals surface area contributed by atoms with Gasteiger partial charge in [-0.3, -0.25) is 0 Å². The fourth-order valence-electron chi connectivity index (χ4n) is 2.80. The number of aliphatic hydroxyl groups is 1. The van der Waals surface area contributed by atoms with Crippen molar-refractivity contribution in [2.75, 3.05) is 6.61 Å². The Morgan fingerprint density at radius 2 is 1.96 bits per heavy atom. The smallest absolute Gasteiger partial charge is 0.377 e. The largest absolute Gasteiger partial charge is 0.481 e. The van der Waals surface area contributed by atoms with Gasteiger partial charge in [0, 0.05) is 0 Å². The van der Waals surface area contributed by atoms with Gasteiger partial charge in [0.05, 0.1) is 3.57 Å². The molecule has 6 nitrogen and oxygen atoms in total. The van der Waals surface area contributed by atoms with Gasteiger partial charge in [0.25, 0.3) is 0 Å². The topological polar surface area (TPSA) is 93.1 Å². The van der Waals surface area contributed by atoms with E-state index in [0.717, 1.165) is 31.7 Å². The molecule has 1 atom stereocenters. The maximum atomic E-state index is 13.4. The molecule has 1 saturated carbocycles. The summed E-state index contributed by atoms with van der Waals surface area (Å²) in [7, 11) is 0. The number of rotatable bonds is 7. The van der Waals surface area contributed by atoms with E-state index in [9.17, 15) is 23.5 Å². The highest BCUT2D eigenvalue weighted by molar-refractivity contribution is 14.1. The first-order valence-corrected chi connectivity index (χ1v) is 9.06. The molecular formula is C17H19F2IO6. The number of benzene rings is 1. The van der Waals surface area contributed by atoms with Crippen LogP contribution in [-0.2, 0) is 14.3 Å². The molecular weight excluding hydrogens is 465 g/mol. The number of esters is 1. The highest BCUT2D eigenvalue weighted by Gasteiger charge is 2.47. The van der Waals surface area contributed by atoms with Gasteiger partial charge in [0.1, 0.15) is 11.4 Å². The van der Waals surface area contributed by atoms with Gasteiger partial charge in [0.15, 0.2) is 12.7 Å². The normalized spacial score (nSPS) is 17.6. The number of hydrogen-bond acceptors (Lipinski definition) is 5. The molecule has 0 saturated heterocycles. The van der Waals surface area contributed by atoms with Crippen LogP contribution in [0.3, 0.4) is 0 Å². The highest BCUT2D eigenvalue weighted by Crippen LogP contribution is 2.35. The molecule has 0 spiro atoms. The van der Waals surface area contributed by atoms with E-state index in [0.29, 0.717) is 3.57 Å². The number of carboxylic acid groups (broad SMARTS) is 1. The van der Waals surface area contributed by atoms with Gasteiger partial charge >= 0.3 is 17.9 Å². The zero-order valence-corrected chi connectivity index (χ0v) is 16.2. The van der Waals surface area contributed by atoms with Gasteiger partial charge in [-0.25, -0.2) is 9.59 Å². The molecule has 1 aliphatic rings. The second-order valence-corrected chi connectivity index (χ2v) is 7.60. The molecule has 1 fully saturated rings. The Hall–Kier alpha value is -1.49. The van der Waals surface area contributed by atoms with Gasteiger partial charge in [-0.15, -0.1) is 0 Å². The lowest BCUT2D eigenvalue weighted by atomic mass is 10.0. The van der Waals surface area contributed by atoms with Crippen molar-refractivity contribution in [3.63, 3.8) is 0 Å². The Bertz CT molecular complexity index is 688. The average molecular weight is 484 g/mol. The van der Waals surface area contributed by atoms with Crippen molar-refractivity contribution >= 4 is 34.5 Å². The third-order valence-corrected chi connectivity index (χ3v) is 5.11. The van der Waals surface area contributed by atoms with Crippen LogP contribution < -0.4 is 4.74 Å². The highest BCUT2D eigenvalue weighted by atomic mass is 127. The Labute approximate surface area is 162 Å². The zero-order chi connectivity index (χ0) is 19.5. The number of carbonyl (C=O) groups excluding carboxylic acids is 1. The molecule has 144 valence electrons. The maximum Gasteiger partial charge on any atom is 0.377 e. The van der Waals surface area contributed by atoms with E-state index in [2.05, 4.69) is 0 Å². The Morgan fingerprint density at radius 1 is 1.35 bits per heavy atom. The van der Waals surface area contributed by atoms with Gasteiger partial charge in [-0.1, -0.05) is 6.07 Å². The van der Waals surface area contributed by atoms with Crippen LogP contribution in [0.4, 0.5) is 8.78 Å². The predicted octanol–water partition coefficient (Wildman–Crippen LogP) is 3.30. The third kappa shape index (κ3) is 4.81. The maximum absolute atomic E-state index is 13.4. The molecule has 2 rings (SSSR count). The molecule has 0 bridgehead atoms. The summed E-state index contributed by atoms with van der Waals surface area (Å²) in [5.74, 6) is -7.00. The molecule has 1 unspecified atom stereocenters. The summed E-state index contributed by atoms with van der Waals surface area (Å²) in [5, 5.41) is 18.1. The molecule has 0 aromatic heterocycles. The third-order valence-electron chi connectivity index (χ3n) is 4.27. The molecule has 2 N–H and O–H groups in total. The zero-order valence-electron chi connectivity index (χ0n) is 14.0. The van der Waals surface area contributed by atoms with Crippen LogP contribution in [0.25, 0.3) is 0 Å². The standard InChI is InChI=1S/C17H19F2IO6/c1-16(6-2-3-7-16)26-13(21)9-25-12-5-4-10(8-11(12)20)14(22)17(18,19)15(23)24/h4-5,8,14,22H,2-3,6-7,9H2,1H3,(H,23,24). The Morgan fingerprint density at radius 3 is 2.50 bits per heavy atom. The van der Waals surface area contributed by atoms with Crippen LogP contribution in [0.1, 0.15) is 44.3 Å². The quantitative estimate of drug-likeness (QED) is 0.456. The van der Waals surface area contributed by atoms with Gasteiger partial charge in [-0.2, -0.15) is 8.78 Å². The fraction of sp³-hybridized carbons (Fsp3) is 0.529. The van der Waals surface area contributed by atoms with Crippen molar-refractivity contribution in [2.24, 2.45) is 0 Å². The number of hydrogen-bond donors (Lipinski definition) is 2. The molecule has 26 heavy (non-hydrogen) atoms. The van der Waals surface area contributed by atoms with Crippen molar-refractivity contribution in [1.82, 2.24) is 0 Å². The summed E-state index contributed by atoms with van der Waals surface area (Å²) in [6, 6.07) is 3.60. The van der Waals surface area contributed by atoms with Crippen LogP contribution in [0.5, 0.6) is 5.75 Å². The number of halogens is 3. The molecule has 0 heterocycles. The van der Waals surface area contributed by atoms with E-state index < -0.39 is 29.6 Å². The van der Waals surface area contributed by atoms with Crippen molar-refractivity contribution in [2.45, 2.75) is 50.2 Å². The molecule has 0 radical (unpaired) electrons. The molecule has 0 aliphatic heterocycles. The Balaban J connectivity index is 1.99. The lowest BCUT2D eigenvalue weighted by Gasteiger charge is -2.24. The summed E-state index contributed by atoms with van der Waals surface area (Å²) >= 11 is 1.78. The molecule has 1 aromatic rings. The van der Waals surface area contributed by atoms with Crippen molar-refractivity contribution in [3.8, 4) is 5.75 Å². The predicted molar refractivity (Wildman–Crippen MR) is 95.2 cm³/mol. The minimum Gasteiger partial charge on any atom is -0.481 e. The summed E-state index contributed by atoms with van der Waals surface area (Å²) in [5.41, 5.74) is -0.737. The van der Waals surface area contributed by atoms with E-state index >= 15 is 0 Å². The number of ether oxygens (including phenoxy) is 2. The van der Waals surface area contributed by atoms with Gasteiger partial charge < -0.3 is 19.7 Å². The molecule has 9 heteroatoms. The number of aliphatic carboxylic acids is 1. The summed E-state index contributed by atoms with van der Waals surface area (Å²) in [6.07, 6.45) is 1.14. The average Bonchev–Trinajstić information content (AvgIpc) is 2.98. The van der Waals surface area contributed by atoms with E-state index in [1.807, 2.05) is 6.92 Å². The fourth-order valence-corrected chi connectivity index (χ4v) is 3.49. The number of aliphatic hydroxyl groups excluding tert-OH is 1. The van der Waals surface area contributed by atoms with Crippen LogP contribution in [0.2, 0.25) is 0 Å². The minimum absolute atomic E-state index is 0.244. The minimum atomic E-state index is -4.31. The summed E-state index contributed by atoms with van der Waals surface area (Å²) in [4.78, 5) is 22.5. The first-order chi connectivity index (χ1) is 12.0. The van der Waals surface area contributed by atoms with Crippen molar-refractivity contribution < 1.29 is 38.1 Å². The number of alkyl halides is 2. The lowest BCUT2D eigenvalue weighted by Crippen LogP contribution is -2.35. The van der Waals surface area contributed by atoms with Crippen LogP contribution in [0, 0.1) is 3.57 Å². The second kappa shape index (κ2) is 8.03. The van der Waals surface area contributed by atoms with Gasteiger partial charge in [-0.05, 0) is 72.9 Å². The van der Waals surface area contributed by atoms with Crippen LogP contribution in [-0.4, -0.2) is 40.3 Å². The number of carbonyl (C=O) groups is 2. The van der Waals surface area contributed by atoms with E-state index in [-0.39, 0.29) is 17.9 Å². The summed E-state index contributed by atoms with van der Waals surface area (Å²) in [6.45, 7) is 1.54. The van der Waals surface area contributed by atoms with Crippen molar-refractivity contribution in [1.29, 1.82) is 0 Å². The summed E-state index contributed by atoms with van der Waals surface area (Å²) < 4.78 is 37.9. The Kier molecular flexibility index (Phi) is 6.43. The molecule has 1 aromatic carbocycles. The van der Waals surface area contributed by atoms with Gasteiger partial charge in [0.2, 0.25) is 0 Å². The molecule has 1 aliphatic carbocycles. The van der Waals surface area contributed by atoms with E-state index in [1.54, 1.807) is 22.6 Å². The van der Waals surface area contributed by atoms with E-state index in [4.69, 9.17) is 14.6 Å². The lowest BCUT2D eigenvalue weighted by molar-refractivity contribution is -0.182. The number of carboxylic acids is 1.